The summed E-state index contributed by atoms with van der Waals surface area (Å²) in [5.41, 5.74) is 1.63. The second-order valence-corrected chi connectivity index (χ2v) is 8.54. The number of rotatable bonds is 5. The van der Waals surface area contributed by atoms with Crippen LogP contribution in [0.2, 0.25) is 0 Å². The van der Waals surface area contributed by atoms with Crippen LogP contribution < -0.4 is 15.7 Å². The van der Waals surface area contributed by atoms with Crippen LogP contribution in [-0.4, -0.2) is 21.1 Å². The number of hydrogen-bond donors (Lipinski definition) is 1. The SMILES string of the molecule is CC(C)COc1c[nH]c(Cn2cnc3sc4c(c3c2=O)CCCC4)cc1=O. The van der Waals surface area contributed by atoms with E-state index < -0.39 is 0 Å². The van der Waals surface area contributed by atoms with Crippen molar-refractivity contribution in [3.8, 4) is 5.75 Å². The summed E-state index contributed by atoms with van der Waals surface area (Å²) < 4.78 is 7.09. The van der Waals surface area contributed by atoms with Gasteiger partial charge >= 0.3 is 0 Å². The zero-order chi connectivity index (χ0) is 19.0. The number of thiophene rings is 1. The second-order valence-electron chi connectivity index (χ2n) is 7.46. The maximum absolute atomic E-state index is 13.0. The normalized spacial score (nSPS) is 13.9. The molecule has 0 aromatic carbocycles. The Morgan fingerprint density at radius 2 is 2.11 bits per heavy atom. The molecule has 0 bridgehead atoms. The van der Waals surface area contributed by atoms with Crippen molar-refractivity contribution in [2.75, 3.05) is 6.61 Å². The largest absolute Gasteiger partial charge is 0.488 e. The topological polar surface area (TPSA) is 77.0 Å². The quantitative estimate of drug-likeness (QED) is 0.732. The minimum Gasteiger partial charge on any atom is -0.488 e. The molecule has 0 amide bonds. The Morgan fingerprint density at radius 1 is 1.30 bits per heavy atom. The molecule has 0 unspecified atom stereocenters. The van der Waals surface area contributed by atoms with Crippen molar-refractivity contribution in [2.45, 2.75) is 46.1 Å². The summed E-state index contributed by atoms with van der Waals surface area (Å²) in [6.45, 7) is 4.83. The van der Waals surface area contributed by atoms with Crippen LogP contribution in [0, 0.1) is 5.92 Å². The van der Waals surface area contributed by atoms with E-state index in [9.17, 15) is 9.59 Å². The van der Waals surface area contributed by atoms with Crippen LogP contribution in [0.5, 0.6) is 5.75 Å². The summed E-state index contributed by atoms with van der Waals surface area (Å²) in [4.78, 5) is 35.0. The Bertz CT molecular complexity index is 1090. The lowest BCUT2D eigenvalue weighted by Gasteiger charge is -2.11. The van der Waals surface area contributed by atoms with Gasteiger partial charge in [-0.15, -0.1) is 11.3 Å². The van der Waals surface area contributed by atoms with E-state index in [2.05, 4.69) is 9.97 Å². The van der Waals surface area contributed by atoms with Gasteiger partial charge in [-0.1, -0.05) is 13.8 Å². The van der Waals surface area contributed by atoms with Crippen LogP contribution in [0.25, 0.3) is 10.2 Å². The molecule has 27 heavy (non-hydrogen) atoms. The van der Waals surface area contributed by atoms with Crippen molar-refractivity contribution in [3.05, 3.63) is 55.3 Å². The van der Waals surface area contributed by atoms with Gasteiger partial charge in [-0.2, -0.15) is 0 Å². The molecule has 1 aliphatic rings. The summed E-state index contributed by atoms with van der Waals surface area (Å²) >= 11 is 1.64. The van der Waals surface area contributed by atoms with Gasteiger partial charge in [0, 0.05) is 22.8 Å². The first kappa shape index (κ1) is 18.0. The number of aryl methyl sites for hydroxylation is 2. The van der Waals surface area contributed by atoms with Crippen molar-refractivity contribution in [1.82, 2.24) is 14.5 Å². The third kappa shape index (κ3) is 3.56. The number of fused-ring (bicyclic) bond motifs is 3. The highest BCUT2D eigenvalue weighted by Crippen LogP contribution is 2.33. The van der Waals surface area contributed by atoms with E-state index in [1.807, 2.05) is 13.8 Å². The minimum absolute atomic E-state index is 0.0274. The van der Waals surface area contributed by atoms with E-state index in [1.54, 1.807) is 28.4 Å². The van der Waals surface area contributed by atoms with Gasteiger partial charge in [-0.25, -0.2) is 4.98 Å². The highest BCUT2D eigenvalue weighted by atomic mass is 32.1. The van der Waals surface area contributed by atoms with Crippen LogP contribution >= 0.6 is 11.3 Å². The molecule has 0 aliphatic heterocycles. The number of hydrogen-bond acceptors (Lipinski definition) is 5. The van der Waals surface area contributed by atoms with Crippen molar-refractivity contribution in [1.29, 1.82) is 0 Å². The number of H-pyrrole nitrogens is 1. The lowest BCUT2D eigenvalue weighted by Crippen LogP contribution is -2.23. The van der Waals surface area contributed by atoms with Gasteiger partial charge in [0.15, 0.2) is 5.75 Å². The first-order valence-corrected chi connectivity index (χ1v) is 10.2. The Labute approximate surface area is 160 Å². The van der Waals surface area contributed by atoms with Gasteiger partial charge in [0.05, 0.1) is 24.9 Å². The number of ether oxygens (including phenoxy) is 1. The van der Waals surface area contributed by atoms with Crippen LogP contribution in [0.15, 0.2) is 28.2 Å². The van der Waals surface area contributed by atoms with Crippen LogP contribution in [0.3, 0.4) is 0 Å². The number of pyridine rings is 1. The fourth-order valence-corrected chi connectivity index (χ4v) is 4.66. The monoisotopic (exact) mass is 385 g/mol. The molecule has 0 saturated carbocycles. The molecule has 3 heterocycles. The van der Waals surface area contributed by atoms with Gasteiger partial charge in [0.2, 0.25) is 5.43 Å². The number of aromatic nitrogens is 3. The predicted molar refractivity (Wildman–Crippen MR) is 107 cm³/mol. The van der Waals surface area contributed by atoms with E-state index in [0.29, 0.717) is 24.0 Å². The van der Waals surface area contributed by atoms with E-state index in [-0.39, 0.29) is 17.5 Å². The van der Waals surface area contributed by atoms with Gasteiger partial charge in [0.25, 0.3) is 5.56 Å². The van der Waals surface area contributed by atoms with E-state index >= 15 is 0 Å². The second kappa shape index (κ2) is 7.31. The smallest absolute Gasteiger partial charge is 0.262 e. The average Bonchev–Trinajstić information content (AvgIpc) is 3.02. The minimum atomic E-state index is -0.181. The zero-order valence-electron chi connectivity index (χ0n) is 15.6. The standard InChI is InChI=1S/C20H23N3O3S/c1-12(2)10-26-16-8-21-13(7-15(16)24)9-23-11-22-19-18(20(23)25)14-5-3-4-6-17(14)27-19/h7-8,11-12H,3-6,9-10H2,1-2H3,(H,21,24). The molecular formula is C20H23N3O3S. The predicted octanol–water partition coefficient (Wildman–Crippen LogP) is 3.11. The summed E-state index contributed by atoms with van der Waals surface area (Å²) in [6.07, 6.45) is 7.45. The molecule has 3 aromatic rings. The third-order valence-corrected chi connectivity index (χ3v) is 5.99. The maximum Gasteiger partial charge on any atom is 0.262 e. The van der Waals surface area contributed by atoms with Crippen molar-refractivity contribution in [2.24, 2.45) is 5.92 Å². The summed E-state index contributed by atoms with van der Waals surface area (Å²) in [6, 6.07) is 1.50. The summed E-state index contributed by atoms with van der Waals surface area (Å²) in [5.74, 6) is 0.650. The lowest BCUT2D eigenvalue weighted by molar-refractivity contribution is 0.267. The first-order chi connectivity index (χ1) is 13.0. The third-order valence-electron chi connectivity index (χ3n) is 4.79. The number of nitrogens with zero attached hydrogens (tertiary/aromatic N) is 2. The van der Waals surface area contributed by atoms with Crippen LogP contribution in [-0.2, 0) is 19.4 Å². The molecule has 142 valence electrons. The van der Waals surface area contributed by atoms with E-state index in [1.165, 1.54) is 22.9 Å². The highest BCUT2D eigenvalue weighted by Gasteiger charge is 2.20. The molecule has 0 radical (unpaired) electrons. The first-order valence-electron chi connectivity index (χ1n) is 9.37. The Hall–Kier alpha value is -2.41. The van der Waals surface area contributed by atoms with E-state index in [4.69, 9.17) is 4.74 Å². The maximum atomic E-state index is 13.0. The van der Waals surface area contributed by atoms with Gasteiger partial charge in [-0.3, -0.25) is 14.2 Å². The molecule has 0 atom stereocenters. The Kier molecular flexibility index (Phi) is 4.86. The average molecular weight is 385 g/mol. The van der Waals surface area contributed by atoms with Crippen molar-refractivity contribution >= 4 is 21.6 Å². The molecule has 0 saturated heterocycles. The summed E-state index contributed by atoms with van der Waals surface area (Å²) in [5, 5.41) is 0.761. The Morgan fingerprint density at radius 3 is 2.89 bits per heavy atom. The molecular weight excluding hydrogens is 362 g/mol. The molecule has 7 heteroatoms. The van der Waals surface area contributed by atoms with Crippen LogP contribution in [0.4, 0.5) is 0 Å². The lowest BCUT2D eigenvalue weighted by atomic mass is 9.97. The van der Waals surface area contributed by atoms with E-state index in [0.717, 1.165) is 29.5 Å². The van der Waals surface area contributed by atoms with Gasteiger partial charge in [0.1, 0.15) is 4.83 Å². The van der Waals surface area contributed by atoms with Crippen molar-refractivity contribution in [3.63, 3.8) is 0 Å². The Balaban J connectivity index is 1.64. The van der Waals surface area contributed by atoms with Gasteiger partial charge in [-0.05, 0) is 37.2 Å². The van der Waals surface area contributed by atoms with Crippen LogP contribution in [0.1, 0.15) is 42.8 Å². The summed E-state index contributed by atoms with van der Waals surface area (Å²) in [7, 11) is 0. The number of nitrogens with one attached hydrogen (secondary N) is 1. The van der Waals surface area contributed by atoms with Gasteiger partial charge < -0.3 is 9.72 Å². The fraction of sp³-hybridized carbons (Fsp3) is 0.450. The highest BCUT2D eigenvalue weighted by molar-refractivity contribution is 7.18. The van der Waals surface area contributed by atoms with Crippen molar-refractivity contribution < 1.29 is 4.74 Å². The molecule has 4 rings (SSSR count). The molecule has 1 aliphatic carbocycles. The molecule has 0 fully saturated rings. The molecule has 0 spiro atoms. The fourth-order valence-electron chi connectivity index (χ4n) is 3.44. The molecule has 1 N–H and O–H groups in total. The number of aromatic amines is 1. The molecule has 3 aromatic heterocycles. The molecule has 6 nitrogen and oxygen atoms in total. The zero-order valence-corrected chi connectivity index (χ0v) is 16.4.